The number of nitrogens with zero attached hydrogens (tertiary/aromatic N) is 5. The molecule has 4 atom stereocenters. The van der Waals surface area contributed by atoms with Crippen molar-refractivity contribution in [1.82, 2.24) is 30.2 Å². The van der Waals surface area contributed by atoms with Crippen LogP contribution in [0.4, 0.5) is 0 Å². The van der Waals surface area contributed by atoms with E-state index in [1.165, 1.54) is 0 Å². The van der Waals surface area contributed by atoms with Gasteiger partial charge in [-0.15, -0.1) is 5.10 Å². The maximum Gasteiger partial charge on any atom is 0.306 e. The van der Waals surface area contributed by atoms with Crippen LogP contribution in [0.25, 0.3) is 11.4 Å². The van der Waals surface area contributed by atoms with Crippen LogP contribution in [0.1, 0.15) is 57.8 Å². The van der Waals surface area contributed by atoms with E-state index in [1.807, 2.05) is 38.1 Å². The van der Waals surface area contributed by atoms with Gasteiger partial charge in [-0.3, -0.25) is 19.7 Å². The van der Waals surface area contributed by atoms with Gasteiger partial charge in [0.05, 0.1) is 29.1 Å². The number of nitrogens with one attached hydrogen (secondary N) is 1. The summed E-state index contributed by atoms with van der Waals surface area (Å²) in [6.45, 7) is 8.57. The highest BCUT2D eigenvalue weighted by atomic mass is 16.5. The molecule has 1 aliphatic rings. The smallest absolute Gasteiger partial charge is 0.306 e. The summed E-state index contributed by atoms with van der Waals surface area (Å²) in [4.78, 5) is 17.9. The number of hydrogen-bond donors (Lipinski definition) is 3. The molecule has 2 heterocycles. The van der Waals surface area contributed by atoms with Gasteiger partial charge in [-0.25, -0.2) is 4.98 Å². The number of carboxylic acids is 1. The first-order valence-electron chi connectivity index (χ1n) is 12.0. The molecule has 34 heavy (non-hydrogen) atoms. The number of hydrogen-bond acceptors (Lipinski definition) is 8. The number of rotatable bonds is 10. The summed E-state index contributed by atoms with van der Waals surface area (Å²) in [6, 6.07) is 3.91. The number of ether oxygens (including phenoxy) is 1. The predicted octanol–water partition coefficient (Wildman–Crippen LogP) is 2.55. The number of aliphatic carboxylic acids is 1. The second-order valence-corrected chi connectivity index (χ2v) is 9.63. The third-order valence-corrected chi connectivity index (χ3v) is 6.94. The highest BCUT2D eigenvalue weighted by Crippen LogP contribution is 2.30. The van der Waals surface area contributed by atoms with Gasteiger partial charge >= 0.3 is 5.97 Å². The number of aliphatic hydroxyl groups is 1. The molecule has 1 aliphatic carbocycles. The molecule has 2 aromatic heterocycles. The van der Waals surface area contributed by atoms with E-state index < -0.39 is 12.3 Å². The van der Waals surface area contributed by atoms with Crippen molar-refractivity contribution in [3.8, 4) is 17.1 Å². The number of carboxylic acid groups (broad SMARTS) is 1. The van der Waals surface area contributed by atoms with E-state index in [0.717, 1.165) is 18.5 Å². The number of pyridine rings is 1. The van der Waals surface area contributed by atoms with Crippen molar-refractivity contribution < 1.29 is 19.7 Å². The van der Waals surface area contributed by atoms with Gasteiger partial charge in [-0.05, 0) is 64.6 Å². The molecule has 10 heteroatoms. The minimum absolute atomic E-state index is 0.121. The Morgan fingerprint density at radius 2 is 2.06 bits per heavy atom. The lowest BCUT2D eigenvalue weighted by atomic mass is 9.87. The van der Waals surface area contributed by atoms with Crippen molar-refractivity contribution in [3.63, 3.8) is 0 Å². The molecule has 1 saturated carbocycles. The molecule has 0 aliphatic heterocycles. The van der Waals surface area contributed by atoms with Crippen LogP contribution < -0.4 is 10.1 Å². The minimum atomic E-state index is -0.809. The molecular formula is C24H38N6O4. The molecule has 2 aromatic rings. The summed E-state index contributed by atoms with van der Waals surface area (Å²) in [7, 11) is 3.70. The van der Waals surface area contributed by atoms with Crippen molar-refractivity contribution in [2.75, 3.05) is 7.05 Å². The third kappa shape index (κ3) is 6.11. The van der Waals surface area contributed by atoms with E-state index in [0.29, 0.717) is 48.1 Å². The molecule has 10 nitrogen and oxygen atoms in total. The average molecular weight is 475 g/mol. The van der Waals surface area contributed by atoms with Crippen molar-refractivity contribution in [2.45, 2.75) is 78.4 Å². The maximum atomic E-state index is 11.3. The number of aliphatic hydroxyl groups excluding tert-OH is 1. The lowest BCUT2D eigenvalue weighted by molar-refractivity contribution is -0.143. The maximum absolute atomic E-state index is 11.3. The first-order valence-corrected chi connectivity index (χ1v) is 12.0. The molecule has 188 valence electrons. The topological polar surface area (TPSA) is 126 Å². The van der Waals surface area contributed by atoms with E-state index in [2.05, 4.69) is 36.4 Å². The van der Waals surface area contributed by atoms with Gasteiger partial charge in [0.15, 0.2) is 6.35 Å². The normalized spacial score (nSPS) is 20.5. The number of carbonyl (C=O) groups is 1. The fraction of sp³-hybridized carbons (Fsp3) is 0.667. The Bertz CT molecular complexity index is 978. The zero-order valence-electron chi connectivity index (χ0n) is 21.0. The first kappa shape index (κ1) is 26.1. The molecule has 3 rings (SSSR count). The number of aryl methyl sites for hydroxylation is 2. The lowest BCUT2D eigenvalue weighted by Gasteiger charge is -2.32. The Kier molecular flexibility index (Phi) is 8.62. The summed E-state index contributed by atoms with van der Waals surface area (Å²) in [6.07, 6.45) is 1.98. The van der Waals surface area contributed by atoms with Gasteiger partial charge < -0.3 is 14.9 Å². The molecule has 0 saturated heterocycles. The Morgan fingerprint density at radius 1 is 1.32 bits per heavy atom. The van der Waals surface area contributed by atoms with E-state index in [1.54, 1.807) is 4.68 Å². The zero-order valence-corrected chi connectivity index (χ0v) is 21.0. The van der Waals surface area contributed by atoms with Crippen LogP contribution >= 0.6 is 0 Å². The Morgan fingerprint density at radius 3 is 2.71 bits per heavy atom. The fourth-order valence-electron chi connectivity index (χ4n) is 4.26. The van der Waals surface area contributed by atoms with Crippen LogP contribution in [-0.2, 0) is 18.4 Å². The molecule has 2 unspecified atom stereocenters. The minimum Gasteiger partial charge on any atom is -0.489 e. The molecule has 0 amide bonds. The molecule has 0 radical (unpaired) electrons. The highest BCUT2D eigenvalue weighted by Gasteiger charge is 2.28. The summed E-state index contributed by atoms with van der Waals surface area (Å²) in [5, 5.41) is 31.5. The van der Waals surface area contributed by atoms with E-state index >= 15 is 0 Å². The second-order valence-electron chi connectivity index (χ2n) is 9.63. The molecule has 1 fully saturated rings. The Labute approximate surface area is 201 Å². The summed E-state index contributed by atoms with van der Waals surface area (Å²) >= 11 is 0. The van der Waals surface area contributed by atoms with Gasteiger partial charge in [0.25, 0.3) is 0 Å². The van der Waals surface area contributed by atoms with Gasteiger partial charge in [0, 0.05) is 19.6 Å². The van der Waals surface area contributed by atoms with Crippen molar-refractivity contribution in [2.24, 2.45) is 18.9 Å². The Hall–Kier alpha value is -2.56. The molecule has 3 N–H and O–H groups in total. The largest absolute Gasteiger partial charge is 0.489 e. The van der Waals surface area contributed by atoms with E-state index in [-0.39, 0.29) is 18.1 Å². The van der Waals surface area contributed by atoms with Crippen molar-refractivity contribution >= 4 is 5.97 Å². The molecule has 0 spiro atoms. The van der Waals surface area contributed by atoms with Gasteiger partial charge in [0.1, 0.15) is 11.4 Å². The monoisotopic (exact) mass is 474 g/mol. The van der Waals surface area contributed by atoms with Crippen LogP contribution in [0, 0.1) is 18.8 Å². The molecule has 0 bridgehead atoms. The van der Waals surface area contributed by atoms with E-state index in [4.69, 9.17) is 9.72 Å². The standard InChI is InChI=1S/C24H38N6O4/c1-14(2)16(4)29(5)24(33)25-13-20-22(27-28-30(20)6)19-10-11-21(15(3)26-19)34-18-9-7-8-17(12-18)23(31)32/h10-11,14,16-18,24-25,33H,7-9,12-13H2,1-6H3,(H,31,32)/t16?,17-,18-,24?/m0/s1. The van der Waals surface area contributed by atoms with Crippen LogP contribution in [0.3, 0.4) is 0 Å². The Balaban J connectivity index is 1.70. The average Bonchev–Trinajstić information content (AvgIpc) is 3.18. The van der Waals surface area contributed by atoms with Crippen LogP contribution in [-0.4, -0.2) is 66.6 Å². The lowest BCUT2D eigenvalue weighted by Crippen LogP contribution is -2.49. The summed E-state index contributed by atoms with van der Waals surface area (Å²) in [5.41, 5.74) is 2.83. The van der Waals surface area contributed by atoms with E-state index in [9.17, 15) is 15.0 Å². The quantitative estimate of drug-likeness (QED) is 0.445. The molecule has 0 aromatic carbocycles. The van der Waals surface area contributed by atoms with Crippen LogP contribution in [0.15, 0.2) is 12.1 Å². The SMILES string of the molecule is Cc1nc(-c2nnn(C)c2CNC(O)N(C)C(C)C(C)C)ccc1O[C@H]1CCC[C@H](C(=O)O)C1. The van der Waals surface area contributed by atoms with Gasteiger partial charge in [-0.1, -0.05) is 19.1 Å². The molecular weight excluding hydrogens is 436 g/mol. The van der Waals surface area contributed by atoms with Crippen molar-refractivity contribution in [3.05, 3.63) is 23.5 Å². The predicted molar refractivity (Wildman–Crippen MR) is 128 cm³/mol. The van der Waals surface area contributed by atoms with Gasteiger partial charge in [0.2, 0.25) is 0 Å². The highest BCUT2D eigenvalue weighted by molar-refractivity contribution is 5.70. The zero-order chi connectivity index (χ0) is 25.0. The first-order chi connectivity index (χ1) is 16.1. The summed E-state index contributed by atoms with van der Waals surface area (Å²) in [5.74, 6) is -0.0360. The second kappa shape index (κ2) is 11.2. The number of aromatic nitrogens is 4. The van der Waals surface area contributed by atoms with Crippen LogP contribution in [0.5, 0.6) is 5.75 Å². The summed E-state index contributed by atoms with van der Waals surface area (Å²) < 4.78 is 7.80. The van der Waals surface area contributed by atoms with Gasteiger partial charge in [-0.2, -0.15) is 0 Å². The van der Waals surface area contributed by atoms with Crippen molar-refractivity contribution in [1.29, 1.82) is 0 Å². The van der Waals surface area contributed by atoms with Crippen LogP contribution in [0.2, 0.25) is 0 Å². The fourth-order valence-corrected chi connectivity index (χ4v) is 4.26. The third-order valence-electron chi connectivity index (χ3n) is 6.94.